The van der Waals surface area contributed by atoms with Crippen molar-refractivity contribution < 1.29 is 19.0 Å². The number of hydrogen-bond donors (Lipinski definition) is 0. The van der Waals surface area contributed by atoms with Crippen LogP contribution in [0, 0.1) is 0 Å². The van der Waals surface area contributed by atoms with Gasteiger partial charge in [0.1, 0.15) is 23.6 Å². The van der Waals surface area contributed by atoms with Gasteiger partial charge < -0.3 is 14.2 Å². The first-order valence-electron chi connectivity index (χ1n) is 11.1. The maximum atomic E-state index is 13.1. The van der Waals surface area contributed by atoms with Gasteiger partial charge in [0, 0.05) is 24.3 Å². The summed E-state index contributed by atoms with van der Waals surface area (Å²) in [6.45, 7) is 0. The summed E-state index contributed by atoms with van der Waals surface area (Å²) in [6, 6.07) is 15.4. The maximum absolute atomic E-state index is 13.1. The van der Waals surface area contributed by atoms with E-state index < -0.39 is 0 Å². The van der Waals surface area contributed by atoms with E-state index >= 15 is 0 Å². The zero-order chi connectivity index (χ0) is 23.2. The van der Waals surface area contributed by atoms with Crippen LogP contribution in [0.1, 0.15) is 36.3 Å². The number of rotatable bonds is 4. The van der Waals surface area contributed by atoms with E-state index in [4.69, 9.17) is 19.2 Å². The Kier molecular flexibility index (Phi) is 4.79. The monoisotopic (exact) mass is 454 g/mol. The highest BCUT2D eigenvalue weighted by Crippen LogP contribution is 2.47. The minimum atomic E-state index is -0.358. The molecule has 6 rings (SSSR count). The number of Topliss-reactive ketones (excluding diaryl/α,β-unsaturated/α-hetero) is 1. The average Bonchev–Trinajstić information content (AvgIpc) is 3.32. The molecule has 8 nitrogen and oxygen atoms in total. The molecule has 0 saturated heterocycles. The summed E-state index contributed by atoms with van der Waals surface area (Å²) < 4.78 is 18.7. The third kappa shape index (κ3) is 3.14. The van der Waals surface area contributed by atoms with E-state index in [1.807, 2.05) is 48.5 Å². The molecule has 1 aliphatic heterocycles. The number of benzene rings is 2. The first kappa shape index (κ1) is 20.4. The quantitative estimate of drug-likeness (QED) is 0.453. The fourth-order valence-electron chi connectivity index (χ4n) is 4.79. The molecule has 2 aromatic heterocycles. The molecule has 0 fully saturated rings. The van der Waals surface area contributed by atoms with Gasteiger partial charge in [-0.25, -0.2) is 14.5 Å². The van der Waals surface area contributed by atoms with E-state index in [0.29, 0.717) is 47.3 Å². The predicted molar refractivity (Wildman–Crippen MR) is 124 cm³/mol. The largest absolute Gasteiger partial charge is 0.497 e. The molecule has 3 heterocycles. The van der Waals surface area contributed by atoms with Crippen LogP contribution in [-0.4, -0.2) is 39.6 Å². The van der Waals surface area contributed by atoms with E-state index in [1.165, 1.54) is 0 Å². The zero-order valence-electron chi connectivity index (χ0n) is 18.8. The Balaban J connectivity index is 1.59. The highest BCUT2D eigenvalue weighted by molar-refractivity contribution is 6.00. The summed E-state index contributed by atoms with van der Waals surface area (Å²) in [5.74, 6) is 2.83. The molecular formula is C26H22N4O4. The Morgan fingerprint density at radius 3 is 2.65 bits per heavy atom. The van der Waals surface area contributed by atoms with Crippen molar-refractivity contribution in [3.8, 4) is 28.8 Å². The molecule has 1 aliphatic carbocycles. The minimum absolute atomic E-state index is 0.0965. The minimum Gasteiger partial charge on any atom is -0.497 e. The van der Waals surface area contributed by atoms with Crippen LogP contribution in [0.15, 0.2) is 66.2 Å². The molecule has 2 aliphatic rings. The lowest BCUT2D eigenvalue weighted by Gasteiger charge is -2.32. The van der Waals surface area contributed by atoms with E-state index in [0.717, 1.165) is 28.9 Å². The first-order valence-corrected chi connectivity index (χ1v) is 11.1. The molecule has 4 aromatic rings. The highest BCUT2D eigenvalue weighted by atomic mass is 16.5. The van der Waals surface area contributed by atoms with Crippen molar-refractivity contribution in [3.05, 3.63) is 77.3 Å². The predicted octanol–water partition coefficient (Wildman–Crippen LogP) is 4.34. The second kappa shape index (κ2) is 7.98. The molecule has 1 atom stereocenters. The molecule has 0 spiro atoms. The lowest BCUT2D eigenvalue weighted by atomic mass is 9.78. The van der Waals surface area contributed by atoms with Gasteiger partial charge in [-0.3, -0.25) is 4.79 Å². The van der Waals surface area contributed by atoms with Crippen LogP contribution in [0.25, 0.3) is 17.0 Å². The zero-order valence-corrected chi connectivity index (χ0v) is 18.8. The Labute approximate surface area is 195 Å². The van der Waals surface area contributed by atoms with Crippen LogP contribution in [0.2, 0.25) is 0 Å². The van der Waals surface area contributed by atoms with Crippen molar-refractivity contribution in [1.29, 1.82) is 0 Å². The molecule has 8 heteroatoms. The summed E-state index contributed by atoms with van der Waals surface area (Å²) in [5.41, 5.74) is 3.73. The molecule has 170 valence electrons. The fraction of sp³-hybridized carbons (Fsp3) is 0.231. The number of carbonyl (C=O) groups is 1. The van der Waals surface area contributed by atoms with E-state index in [-0.39, 0.29) is 11.7 Å². The summed E-state index contributed by atoms with van der Waals surface area (Å²) in [4.78, 5) is 22.6. The van der Waals surface area contributed by atoms with Crippen molar-refractivity contribution >= 4 is 11.4 Å². The Morgan fingerprint density at radius 1 is 1.03 bits per heavy atom. The van der Waals surface area contributed by atoms with Crippen molar-refractivity contribution in [2.45, 2.75) is 25.2 Å². The van der Waals surface area contributed by atoms with Gasteiger partial charge in [0.05, 0.1) is 25.3 Å². The van der Waals surface area contributed by atoms with Gasteiger partial charge in [-0.05, 0) is 36.2 Å². The van der Waals surface area contributed by atoms with Crippen molar-refractivity contribution in [2.24, 2.45) is 0 Å². The number of allylic oxidation sites excluding steroid dienone is 2. The molecule has 2 aromatic carbocycles. The topological polar surface area (TPSA) is 87.8 Å². The van der Waals surface area contributed by atoms with Gasteiger partial charge in [0.15, 0.2) is 17.3 Å². The molecule has 0 amide bonds. The standard InChI is InChI=1S/C26H22N4O4/c1-32-16-12-10-15(11-13-16)21-22-18(31)7-5-9-20(22)34-26-23(21)25-28-24(29-30(25)14-27-26)17-6-3-4-8-19(17)33-2/h3-4,6,8,10-14,21H,5,7,9H2,1-2H3/t21-/m0/s1. The average molecular weight is 454 g/mol. The van der Waals surface area contributed by atoms with Crippen molar-refractivity contribution in [2.75, 3.05) is 14.2 Å². The van der Waals surface area contributed by atoms with Gasteiger partial charge >= 0.3 is 0 Å². The number of ketones is 1. The van der Waals surface area contributed by atoms with E-state index in [1.54, 1.807) is 25.1 Å². The van der Waals surface area contributed by atoms with Crippen LogP contribution in [0.4, 0.5) is 0 Å². The van der Waals surface area contributed by atoms with Crippen LogP contribution >= 0.6 is 0 Å². The lowest BCUT2D eigenvalue weighted by Crippen LogP contribution is -2.26. The van der Waals surface area contributed by atoms with Gasteiger partial charge in [-0.15, -0.1) is 5.10 Å². The second-order valence-corrected chi connectivity index (χ2v) is 8.29. The van der Waals surface area contributed by atoms with E-state index in [2.05, 4.69) is 10.1 Å². The lowest BCUT2D eigenvalue weighted by molar-refractivity contribution is -0.116. The van der Waals surface area contributed by atoms with Crippen LogP contribution in [-0.2, 0) is 4.79 Å². The Morgan fingerprint density at radius 2 is 1.85 bits per heavy atom. The molecule has 0 saturated carbocycles. The van der Waals surface area contributed by atoms with Crippen LogP contribution in [0.3, 0.4) is 0 Å². The summed E-state index contributed by atoms with van der Waals surface area (Å²) >= 11 is 0. The molecule has 0 unspecified atom stereocenters. The molecular weight excluding hydrogens is 432 g/mol. The molecule has 0 N–H and O–H groups in total. The summed E-state index contributed by atoms with van der Waals surface area (Å²) in [7, 11) is 3.25. The van der Waals surface area contributed by atoms with Gasteiger partial charge in [0.25, 0.3) is 0 Å². The summed E-state index contributed by atoms with van der Waals surface area (Å²) in [6.07, 6.45) is 3.58. The number of fused-ring (bicyclic) bond motifs is 3. The third-order valence-corrected chi connectivity index (χ3v) is 6.39. The fourth-order valence-corrected chi connectivity index (χ4v) is 4.79. The smallest absolute Gasteiger partial charge is 0.228 e. The second-order valence-electron chi connectivity index (χ2n) is 8.29. The SMILES string of the molecule is COc1ccc([C@H]2C3=C(CCCC3=O)Oc3ncn4nc(-c5ccccc5OC)nc4c32)cc1. The Hall–Kier alpha value is -4.20. The van der Waals surface area contributed by atoms with Gasteiger partial charge in [-0.1, -0.05) is 24.3 Å². The number of aromatic nitrogens is 4. The number of ether oxygens (including phenoxy) is 3. The Bertz CT molecular complexity index is 1460. The van der Waals surface area contributed by atoms with Gasteiger partial charge in [0.2, 0.25) is 5.88 Å². The van der Waals surface area contributed by atoms with E-state index in [9.17, 15) is 4.79 Å². The first-order chi connectivity index (χ1) is 16.7. The molecule has 0 bridgehead atoms. The van der Waals surface area contributed by atoms with Crippen molar-refractivity contribution in [3.63, 3.8) is 0 Å². The normalized spacial score (nSPS) is 17.2. The van der Waals surface area contributed by atoms with Crippen molar-refractivity contribution in [1.82, 2.24) is 19.6 Å². The molecule has 0 radical (unpaired) electrons. The maximum Gasteiger partial charge on any atom is 0.228 e. The number of methoxy groups -OCH3 is 2. The number of nitrogens with zero attached hydrogens (tertiary/aromatic N) is 4. The number of carbonyl (C=O) groups excluding carboxylic acids is 1. The third-order valence-electron chi connectivity index (χ3n) is 6.39. The molecule has 34 heavy (non-hydrogen) atoms. The summed E-state index contributed by atoms with van der Waals surface area (Å²) in [5, 5.41) is 4.66. The van der Waals surface area contributed by atoms with Gasteiger partial charge in [-0.2, -0.15) is 0 Å². The van der Waals surface area contributed by atoms with Crippen LogP contribution < -0.4 is 14.2 Å². The number of hydrogen-bond acceptors (Lipinski definition) is 7. The number of para-hydroxylation sites is 1. The highest BCUT2D eigenvalue weighted by Gasteiger charge is 2.39. The van der Waals surface area contributed by atoms with Crippen LogP contribution in [0.5, 0.6) is 17.4 Å².